The highest BCUT2D eigenvalue weighted by Crippen LogP contribution is 2.26. The van der Waals surface area contributed by atoms with Crippen LogP contribution in [0, 0.1) is 0 Å². The summed E-state index contributed by atoms with van der Waals surface area (Å²) in [6, 6.07) is 7.79. The van der Waals surface area contributed by atoms with Gasteiger partial charge in [0.1, 0.15) is 0 Å². The highest BCUT2D eigenvalue weighted by atomic mass is 32.1. The molecule has 1 aromatic carbocycles. The molecule has 1 aromatic heterocycles. The standard InChI is InChI=1S/C15H19N3OS/c1-3-4-8-14(19)17-12-7-5-6-11(9-12)13-10-20-15(16-2)18-13/h5-7,9-10H,3-4,8H2,1-2H3,(H,16,18)(H,17,19). The van der Waals surface area contributed by atoms with Crippen LogP contribution < -0.4 is 10.6 Å². The smallest absolute Gasteiger partial charge is 0.224 e. The van der Waals surface area contributed by atoms with Gasteiger partial charge in [-0.2, -0.15) is 0 Å². The third-order valence-corrected chi connectivity index (χ3v) is 3.78. The summed E-state index contributed by atoms with van der Waals surface area (Å²) >= 11 is 1.57. The number of hydrogen-bond donors (Lipinski definition) is 2. The zero-order valence-electron chi connectivity index (χ0n) is 11.8. The molecule has 2 rings (SSSR count). The van der Waals surface area contributed by atoms with Gasteiger partial charge < -0.3 is 10.6 Å². The van der Waals surface area contributed by atoms with Crippen LogP contribution in [0.5, 0.6) is 0 Å². The summed E-state index contributed by atoms with van der Waals surface area (Å²) in [5, 5.41) is 8.84. The number of hydrogen-bond acceptors (Lipinski definition) is 4. The number of carbonyl (C=O) groups is 1. The Kier molecular flexibility index (Phi) is 5.12. The molecule has 0 aliphatic heterocycles. The number of benzene rings is 1. The average molecular weight is 289 g/mol. The topological polar surface area (TPSA) is 54.0 Å². The Balaban J connectivity index is 2.09. The zero-order chi connectivity index (χ0) is 14.4. The van der Waals surface area contributed by atoms with Crippen molar-refractivity contribution >= 4 is 28.1 Å². The maximum absolute atomic E-state index is 11.7. The molecule has 20 heavy (non-hydrogen) atoms. The van der Waals surface area contributed by atoms with E-state index in [1.54, 1.807) is 11.3 Å². The van der Waals surface area contributed by atoms with Crippen molar-refractivity contribution in [1.82, 2.24) is 4.98 Å². The molecular formula is C15H19N3OS. The van der Waals surface area contributed by atoms with Crippen LogP contribution in [0.1, 0.15) is 26.2 Å². The number of nitrogens with zero attached hydrogens (tertiary/aromatic N) is 1. The first-order valence-corrected chi connectivity index (χ1v) is 7.64. The number of nitrogens with one attached hydrogen (secondary N) is 2. The Morgan fingerprint density at radius 2 is 2.25 bits per heavy atom. The maximum Gasteiger partial charge on any atom is 0.224 e. The van der Waals surface area contributed by atoms with E-state index in [1.165, 1.54) is 0 Å². The Labute approximate surface area is 123 Å². The Bertz CT molecular complexity index is 580. The van der Waals surface area contributed by atoms with Crippen LogP contribution in [-0.2, 0) is 4.79 Å². The summed E-state index contributed by atoms with van der Waals surface area (Å²) in [7, 11) is 1.85. The van der Waals surface area contributed by atoms with Gasteiger partial charge in [0, 0.05) is 30.1 Å². The monoisotopic (exact) mass is 289 g/mol. The van der Waals surface area contributed by atoms with Gasteiger partial charge in [0.15, 0.2) is 5.13 Å². The van der Waals surface area contributed by atoms with Crippen LogP contribution >= 0.6 is 11.3 Å². The second-order valence-electron chi connectivity index (χ2n) is 4.52. The predicted octanol–water partition coefficient (Wildman–Crippen LogP) is 3.98. The molecular weight excluding hydrogens is 270 g/mol. The van der Waals surface area contributed by atoms with Gasteiger partial charge in [-0.05, 0) is 18.6 Å². The molecule has 0 unspecified atom stereocenters. The van der Waals surface area contributed by atoms with Gasteiger partial charge in [-0.15, -0.1) is 11.3 Å². The Hall–Kier alpha value is -1.88. The first-order chi connectivity index (χ1) is 9.72. The Morgan fingerprint density at radius 3 is 2.95 bits per heavy atom. The van der Waals surface area contributed by atoms with Crippen molar-refractivity contribution < 1.29 is 4.79 Å². The van der Waals surface area contributed by atoms with Crippen LogP contribution in [0.2, 0.25) is 0 Å². The van der Waals surface area contributed by atoms with Gasteiger partial charge in [-0.3, -0.25) is 4.79 Å². The minimum atomic E-state index is 0.0678. The number of amides is 1. The van der Waals surface area contributed by atoms with Crippen molar-refractivity contribution in [3.63, 3.8) is 0 Å². The highest BCUT2D eigenvalue weighted by Gasteiger charge is 2.06. The predicted molar refractivity (Wildman–Crippen MR) is 85.3 cm³/mol. The molecule has 0 spiro atoms. The molecule has 0 saturated carbocycles. The van der Waals surface area contributed by atoms with E-state index < -0.39 is 0 Å². The molecule has 0 fully saturated rings. The van der Waals surface area contributed by atoms with Gasteiger partial charge >= 0.3 is 0 Å². The second kappa shape index (κ2) is 7.05. The molecule has 0 atom stereocenters. The normalized spacial score (nSPS) is 10.3. The molecule has 0 aliphatic rings. The lowest BCUT2D eigenvalue weighted by atomic mass is 10.1. The summed E-state index contributed by atoms with van der Waals surface area (Å²) in [5.74, 6) is 0.0678. The van der Waals surface area contributed by atoms with Crippen molar-refractivity contribution in [1.29, 1.82) is 0 Å². The zero-order valence-corrected chi connectivity index (χ0v) is 12.6. The molecule has 106 valence electrons. The maximum atomic E-state index is 11.7. The first kappa shape index (κ1) is 14.5. The van der Waals surface area contributed by atoms with Gasteiger partial charge in [-0.1, -0.05) is 25.5 Å². The van der Waals surface area contributed by atoms with Gasteiger partial charge in [0.05, 0.1) is 5.69 Å². The van der Waals surface area contributed by atoms with E-state index in [4.69, 9.17) is 0 Å². The molecule has 0 bridgehead atoms. The van der Waals surface area contributed by atoms with E-state index in [-0.39, 0.29) is 5.91 Å². The van der Waals surface area contributed by atoms with E-state index >= 15 is 0 Å². The summed E-state index contributed by atoms with van der Waals surface area (Å²) < 4.78 is 0. The van der Waals surface area contributed by atoms with Crippen LogP contribution in [0.4, 0.5) is 10.8 Å². The fraction of sp³-hybridized carbons (Fsp3) is 0.333. The molecule has 0 aliphatic carbocycles. The molecule has 5 heteroatoms. The van der Waals surface area contributed by atoms with Crippen molar-refractivity contribution in [3.05, 3.63) is 29.6 Å². The summed E-state index contributed by atoms with van der Waals surface area (Å²) in [5.41, 5.74) is 2.75. The number of thiazole rings is 1. The van der Waals surface area contributed by atoms with E-state index in [0.29, 0.717) is 6.42 Å². The quantitative estimate of drug-likeness (QED) is 0.845. The minimum absolute atomic E-state index is 0.0678. The van der Waals surface area contributed by atoms with Gasteiger partial charge in [-0.25, -0.2) is 4.98 Å². The largest absolute Gasteiger partial charge is 0.365 e. The molecule has 4 nitrogen and oxygen atoms in total. The van der Waals surface area contributed by atoms with Crippen LogP contribution in [0.15, 0.2) is 29.6 Å². The van der Waals surface area contributed by atoms with Crippen molar-refractivity contribution in [3.8, 4) is 11.3 Å². The summed E-state index contributed by atoms with van der Waals surface area (Å²) in [6.45, 7) is 2.08. The van der Waals surface area contributed by atoms with E-state index in [0.717, 1.165) is 34.9 Å². The second-order valence-corrected chi connectivity index (χ2v) is 5.38. The summed E-state index contributed by atoms with van der Waals surface area (Å²) in [6.07, 6.45) is 2.52. The fourth-order valence-electron chi connectivity index (χ4n) is 1.84. The van der Waals surface area contributed by atoms with Gasteiger partial charge in [0.25, 0.3) is 0 Å². The molecule has 2 aromatic rings. The fourth-order valence-corrected chi connectivity index (χ4v) is 2.52. The van der Waals surface area contributed by atoms with E-state index in [9.17, 15) is 4.79 Å². The summed E-state index contributed by atoms with van der Waals surface area (Å²) in [4.78, 5) is 16.2. The van der Waals surface area contributed by atoms with Crippen LogP contribution in [0.25, 0.3) is 11.3 Å². The third kappa shape index (κ3) is 3.81. The van der Waals surface area contributed by atoms with Crippen LogP contribution in [0.3, 0.4) is 0 Å². The first-order valence-electron chi connectivity index (χ1n) is 6.76. The van der Waals surface area contributed by atoms with Crippen molar-refractivity contribution in [2.45, 2.75) is 26.2 Å². The molecule has 1 heterocycles. The number of carbonyl (C=O) groups excluding carboxylic acids is 1. The van der Waals surface area contributed by atoms with E-state index in [1.807, 2.05) is 36.7 Å². The molecule has 0 radical (unpaired) electrons. The lowest BCUT2D eigenvalue weighted by Gasteiger charge is -2.06. The highest BCUT2D eigenvalue weighted by molar-refractivity contribution is 7.14. The lowest BCUT2D eigenvalue weighted by Crippen LogP contribution is -2.10. The molecule has 0 saturated heterocycles. The van der Waals surface area contributed by atoms with E-state index in [2.05, 4.69) is 22.5 Å². The molecule has 2 N–H and O–H groups in total. The van der Waals surface area contributed by atoms with Crippen molar-refractivity contribution in [2.24, 2.45) is 0 Å². The minimum Gasteiger partial charge on any atom is -0.365 e. The number of anilines is 2. The average Bonchev–Trinajstić information content (AvgIpc) is 2.94. The Morgan fingerprint density at radius 1 is 1.40 bits per heavy atom. The van der Waals surface area contributed by atoms with Crippen LogP contribution in [-0.4, -0.2) is 17.9 Å². The molecule has 1 amide bonds. The lowest BCUT2D eigenvalue weighted by molar-refractivity contribution is -0.116. The SMILES string of the molecule is CCCCC(=O)Nc1cccc(-c2csc(NC)n2)c1. The number of unbranched alkanes of at least 4 members (excludes halogenated alkanes) is 1. The van der Waals surface area contributed by atoms with Gasteiger partial charge in [0.2, 0.25) is 5.91 Å². The third-order valence-electron chi connectivity index (χ3n) is 2.92. The number of aromatic nitrogens is 1. The van der Waals surface area contributed by atoms with Crippen molar-refractivity contribution in [2.75, 3.05) is 17.7 Å². The number of rotatable bonds is 6.